The average Bonchev–Trinajstić information content (AvgIpc) is 2.97. The van der Waals surface area contributed by atoms with Crippen molar-refractivity contribution >= 4 is 43.9 Å². The van der Waals surface area contributed by atoms with Gasteiger partial charge in [-0.2, -0.15) is 16.7 Å². The number of nitrogens with one attached hydrogen (secondary N) is 2. The Kier molecular flexibility index (Phi) is 5.49. The molecule has 0 fully saturated rings. The van der Waals surface area contributed by atoms with Crippen LogP contribution in [0.15, 0.2) is 16.6 Å². The van der Waals surface area contributed by atoms with Crippen LogP contribution < -0.4 is 16.0 Å². The highest BCUT2D eigenvalue weighted by Crippen LogP contribution is 2.25. The zero-order chi connectivity index (χ0) is 15.5. The Bertz CT molecular complexity index is 694. The highest BCUT2D eigenvalue weighted by atomic mass is 32.2. The van der Waals surface area contributed by atoms with Crippen molar-refractivity contribution in [2.75, 3.05) is 16.9 Å². The Morgan fingerprint density at radius 1 is 1.57 bits per heavy atom. The fourth-order valence-electron chi connectivity index (χ4n) is 1.90. The monoisotopic (exact) mass is 349 g/mol. The quantitative estimate of drug-likeness (QED) is 0.379. The summed E-state index contributed by atoms with van der Waals surface area (Å²) in [6.07, 6.45) is 2.44. The van der Waals surface area contributed by atoms with Gasteiger partial charge in [0.1, 0.15) is 0 Å². The van der Waals surface area contributed by atoms with Crippen LogP contribution in [-0.4, -0.2) is 35.4 Å². The molecule has 0 saturated heterocycles. The highest BCUT2D eigenvalue weighted by Gasteiger charge is 2.27. The lowest BCUT2D eigenvalue weighted by Gasteiger charge is -2.14. The predicted molar refractivity (Wildman–Crippen MR) is 88.3 cm³/mol. The lowest BCUT2D eigenvalue weighted by molar-refractivity contribution is 0.553. The van der Waals surface area contributed by atoms with E-state index in [0.29, 0.717) is 4.96 Å². The molecule has 118 valence electrons. The van der Waals surface area contributed by atoms with Crippen LogP contribution >= 0.6 is 23.1 Å². The molecule has 0 saturated carbocycles. The summed E-state index contributed by atoms with van der Waals surface area (Å²) < 4.78 is 29.3. The first-order valence-electron chi connectivity index (χ1n) is 6.51. The molecule has 0 radical (unpaired) electrons. The van der Waals surface area contributed by atoms with Gasteiger partial charge >= 0.3 is 0 Å². The summed E-state index contributed by atoms with van der Waals surface area (Å²) in [6.45, 7) is 3.94. The molecule has 2 rings (SSSR count). The number of hydrazine groups is 1. The number of fused-ring (bicyclic) bond motifs is 1. The number of hydrogen-bond donors (Lipinski definition) is 3. The Morgan fingerprint density at radius 3 is 3.00 bits per heavy atom. The standard InChI is InChI=1S/C11H19N5O2S3/c1-3-19-6-4-8(2)15-21(17,18)10-9(14-12)13-11-16(10)5-7-20-11/h5,7-8,14-15H,3-4,6,12H2,1-2H3. The number of nitrogen functional groups attached to an aromatic ring is 1. The van der Waals surface area contributed by atoms with E-state index in [1.54, 1.807) is 23.3 Å². The van der Waals surface area contributed by atoms with Crippen molar-refractivity contribution in [2.24, 2.45) is 5.84 Å². The van der Waals surface area contributed by atoms with E-state index in [9.17, 15) is 8.42 Å². The molecule has 7 nitrogen and oxygen atoms in total. The number of thiazole rings is 1. The lowest BCUT2D eigenvalue weighted by Crippen LogP contribution is -2.34. The van der Waals surface area contributed by atoms with Crippen LogP contribution in [0.2, 0.25) is 0 Å². The molecule has 0 aliphatic heterocycles. The molecule has 1 atom stereocenters. The summed E-state index contributed by atoms with van der Waals surface area (Å²) in [7, 11) is -3.69. The zero-order valence-electron chi connectivity index (χ0n) is 11.9. The van der Waals surface area contributed by atoms with Crippen molar-refractivity contribution in [3.63, 3.8) is 0 Å². The molecule has 10 heteroatoms. The van der Waals surface area contributed by atoms with E-state index >= 15 is 0 Å². The third-order valence-corrected chi connectivity index (χ3v) is 6.17. The van der Waals surface area contributed by atoms with E-state index in [0.717, 1.165) is 17.9 Å². The molecule has 2 heterocycles. The normalized spacial score (nSPS) is 13.7. The molecule has 1 unspecified atom stereocenters. The van der Waals surface area contributed by atoms with Crippen molar-refractivity contribution in [2.45, 2.75) is 31.3 Å². The van der Waals surface area contributed by atoms with Gasteiger partial charge in [-0.3, -0.25) is 4.40 Å². The third kappa shape index (κ3) is 3.69. The summed E-state index contributed by atoms with van der Waals surface area (Å²) in [6, 6.07) is -0.149. The van der Waals surface area contributed by atoms with Crippen LogP contribution in [-0.2, 0) is 10.0 Å². The number of hydrogen-bond acceptors (Lipinski definition) is 7. The second-order valence-corrected chi connectivity index (χ2v) is 8.37. The number of sulfonamides is 1. The predicted octanol–water partition coefficient (Wildman–Crippen LogP) is 1.49. The molecule has 0 spiro atoms. The van der Waals surface area contributed by atoms with Crippen LogP contribution in [0.1, 0.15) is 20.3 Å². The maximum atomic E-state index is 12.6. The van der Waals surface area contributed by atoms with E-state index in [1.165, 1.54) is 15.7 Å². The van der Waals surface area contributed by atoms with Crippen molar-refractivity contribution in [3.05, 3.63) is 11.6 Å². The van der Waals surface area contributed by atoms with Crippen LogP contribution in [0.4, 0.5) is 5.82 Å². The van der Waals surface area contributed by atoms with Crippen molar-refractivity contribution in [1.82, 2.24) is 14.1 Å². The summed E-state index contributed by atoms with van der Waals surface area (Å²) >= 11 is 3.14. The van der Waals surface area contributed by atoms with Gasteiger partial charge in [-0.25, -0.2) is 19.0 Å². The van der Waals surface area contributed by atoms with E-state index in [4.69, 9.17) is 5.84 Å². The van der Waals surface area contributed by atoms with Gasteiger partial charge in [-0.1, -0.05) is 6.92 Å². The molecule has 2 aromatic rings. The fraction of sp³-hybridized carbons (Fsp3) is 0.545. The maximum absolute atomic E-state index is 12.6. The van der Waals surface area contributed by atoms with Gasteiger partial charge in [0.05, 0.1) is 0 Å². The number of aromatic nitrogens is 2. The molecule has 21 heavy (non-hydrogen) atoms. The van der Waals surface area contributed by atoms with Gasteiger partial charge in [0.15, 0.2) is 10.8 Å². The molecule has 4 N–H and O–H groups in total. The first-order valence-corrected chi connectivity index (χ1v) is 10.0. The summed E-state index contributed by atoms with van der Waals surface area (Å²) in [5.74, 6) is 7.49. The SMILES string of the molecule is CCSCCC(C)NS(=O)(=O)c1c(NN)nc2sccn12. The molecule has 2 aromatic heterocycles. The second kappa shape index (κ2) is 6.97. The fourth-order valence-corrected chi connectivity index (χ4v) is 5.01. The van der Waals surface area contributed by atoms with Gasteiger partial charge in [-0.15, -0.1) is 11.3 Å². The number of nitrogens with two attached hydrogens (primary N) is 1. The molecular weight excluding hydrogens is 330 g/mol. The minimum absolute atomic E-state index is 0.0521. The van der Waals surface area contributed by atoms with Crippen LogP contribution in [0.5, 0.6) is 0 Å². The minimum Gasteiger partial charge on any atom is -0.306 e. The van der Waals surface area contributed by atoms with Crippen LogP contribution in [0, 0.1) is 0 Å². The van der Waals surface area contributed by atoms with Crippen LogP contribution in [0.25, 0.3) is 4.96 Å². The van der Waals surface area contributed by atoms with Gasteiger partial charge in [0, 0.05) is 17.6 Å². The maximum Gasteiger partial charge on any atom is 0.260 e. The van der Waals surface area contributed by atoms with Crippen molar-refractivity contribution < 1.29 is 8.42 Å². The topological polar surface area (TPSA) is 102 Å². The Hall–Kier alpha value is -0.810. The summed E-state index contributed by atoms with van der Waals surface area (Å²) in [4.78, 5) is 4.74. The Balaban J connectivity index is 2.23. The highest BCUT2D eigenvalue weighted by molar-refractivity contribution is 7.99. The summed E-state index contributed by atoms with van der Waals surface area (Å²) in [5, 5.41) is 1.83. The molecule has 0 bridgehead atoms. The second-order valence-electron chi connectivity index (χ2n) is 4.47. The molecule has 0 amide bonds. The van der Waals surface area contributed by atoms with Crippen molar-refractivity contribution in [1.29, 1.82) is 0 Å². The van der Waals surface area contributed by atoms with Gasteiger partial charge in [0.25, 0.3) is 10.0 Å². The van der Waals surface area contributed by atoms with Crippen molar-refractivity contribution in [3.8, 4) is 0 Å². The molecule has 0 aromatic carbocycles. The number of rotatable bonds is 8. The third-order valence-electron chi connectivity index (χ3n) is 2.87. The molecule has 0 aliphatic rings. The minimum atomic E-state index is -3.69. The first kappa shape index (κ1) is 16.6. The zero-order valence-corrected chi connectivity index (χ0v) is 14.3. The number of anilines is 1. The van der Waals surface area contributed by atoms with E-state index in [2.05, 4.69) is 22.1 Å². The van der Waals surface area contributed by atoms with Crippen LogP contribution in [0.3, 0.4) is 0 Å². The van der Waals surface area contributed by atoms with E-state index in [-0.39, 0.29) is 16.9 Å². The molecule has 0 aliphatic carbocycles. The first-order chi connectivity index (χ1) is 9.99. The smallest absolute Gasteiger partial charge is 0.260 e. The lowest BCUT2D eigenvalue weighted by atomic mass is 10.3. The number of thioether (sulfide) groups is 1. The van der Waals surface area contributed by atoms with E-state index in [1.807, 2.05) is 6.92 Å². The number of nitrogens with zero attached hydrogens (tertiary/aromatic N) is 2. The Morgan fingerprint density at radius 2 is 2.33 bits per heavy atom. The van der Waals surface area contributed by atoms with Gasteiger partial charge < -0.3 is 5.43 Å². The largest absolute Gasteiger partial charge is 0.306 e. The van der Waals surface area contributed by atoms with E-state index < -0.39 is 10.0 Å². The molecular formula is C11H19N5O2S3. The average molecular weight is 350 g/mol. The Labute approximate surface area is 132 Å². The van der Waals surface area contributed by atoms with Gasteiger partial charge in [0.2, 0.25) is 5.03 Å². The summed E-state index contributed by atoms with van der Waals surface area (Å²) in [5.41, 5.74) is 2.35. The van der Waals surface area contributed by atoms with Gasteiger partial charge in [-0.05, 0) is 24.9 Å². The number of imidazole rings is 1.